The number of rotatable bonds is 3. The Bertz CT molecular complexity index is 596. The van der Waals surface area contributed by atoms with Gasteiger partial charge in [-0.2, -0.15) is 0 Å². The monoisotopic (exact) mass is 245 g/mol. The molecule has 0 saturated carbocycles. The summed E-state index contributed by atoms with van der Waals surface area (Å²) < 4.78 is 18.4. The average molecular weight is 245 g/mol. The van der Waals surface area contributed by atoms with Crippen molar-refractivity contribution < 1.29 is 13.9 Å². The number of ether oxygens (including phenoxy) is 1. The van der Waals surface area contributed by atoms with E-state index in [1.165, 1.54) is 25.6 Å². The van der Waals surface area contributed by atoms with Crippen LogP contribution in [0.1, 0.15) is 21.5 Å². The minimum atomic E-state index is -0.392. The minimum Gasteiger partial charge on any atom is -0.495 e. The maximum absolute atomic E-state index is 13.4. The summed E-state index contributed by atoms with van der Waals surface area (Å²) in [4.78, 5) is 16.0. The molecule has 0 bridgehead atoms. The van der Waals surface area contributed by atoms with E-state index < -0.39 is 5.82 Å². The van der Waals surface area contributed by atoms with Crippen molar-refractivity contribution in [3.8, 4) is 5.75 Å². The molecule has 0 spiro atoms. The molecular formula is C14H12FNO2. The first-order valence-corrected chi connectivity index (χ1v) is 5.41. The predicted octanol–water partition coefficient (Wildman–Crippen LogP) is 2.77. The Morgan fingerprint density at radius 3 is 2.67 bits per heavy atom. The van der Waals surface area contributed by atoms with E-state index in [-0.39, 0.29) is 5.78 Å². The fourth-order valence-corrected chi connectivity index (χ4v) is 1.56. The van der Waals surface area contributed by atoms with Gasteiger partial charge in [0, 0.05) is 17.3 Å². The first-order chi connectivity index (χ1) is 8.61. The zero-order chi connectivity index (χ0) is 13.1. The molecule has 1 aromatic heterocycles. The summed E-state index contributed by atoms with van der Waals surface area (Å²) in [6.45, 7) is 1.65. The SMILES string of the molecule is COc1cncc(C(=O)c2ccc(C)c(F)c2)c1. The van der Waals surface area contributed by atoms with Crippen molar-refractivity contribution in [1.82, 2.24) is 4.98 Å². The smallest absolute Gasteiger partial charge is 0.194 e. The molecule has 1 aromatic carbocycles. The largest absolute Gasteiger partial charge is 0.495 e. The number of hydrogen-bond donors (Lipinski definition) is 0. The average Bonchev–Trinajstić information content (AvgIpc) is 2.41. The van der Waals surface area contributed by atoms with Gasteiger partial charge in [-0.1, -0.05) is 12.1 Å². The van der Waals surface area contributed by atoms with E-state index in [1.807, 2.05) is 0 Å². The minimum absolute atomic E-state index is 0.277. The van der Waals surface area contributed by atoms with Crippen LogP contribution in [0.5, 0.6) is 5.75 Å². The molecule has 92 valence electrons. The van der Waals surface area contributed by atoms with Crippen LogP contribution < -0.4 is 4.74 Å². The lowest BCUT2D eigenvalue weighted by Crippen LogP contribution is -2.03. The van der Waals surface area contributed by atoms with Crippen molar-refractivity contribution in [2.45, 2.75) is 6.92 Å². The zero-order valence-corrected chi connectivity index (χ0v) is 10.1. The van der Waals surface area contributed by atoms with E-state index >= 15 is 0 Å². The van der Waals surface area contributed by atoms with Crippen LogP contribution in [-0.4, -0.2) is 17.9 Å². The number of carbonyl (C=O) groups is 1. The van der Waals surface area contributed by atoms with Gasteiger partial charge in [-0.15, -0.1) is 0 Å². The number of benzene rings is 1. The standard InChI is InChI=1S/C14H12FNO2/c1-9-3-4-10(6-13(9)15)14(17)11-5-12(18-2)8-16-7-11/h3-8H,1-2H3. The van der Waals surface area contributed by atoms with E-state index in [1.54, 1.807) is 25.1 Å². The van der Waals surface area contributed by atoms with Crippen LogP contribution in [-0.2, 0) is 0 Å². The van der Waals surface area contributed by atoms with Crippen LogP contribution in [0.15, 0.2) is 36.7 Å². The van der Waals surface area contributed by atoms with Crippen LogP contribution in [0.3, 0.4) is 0 Å². The summed E-state index contributed by atoms with van der Waals surface area (Å²) in [5.74, 6) is -0.176. The number of hydrogen-bond acceptors (Lipinski definition) is 3. The molecule has 1 heterocycles. The Kier molecular flexibility index (Phi) is 3.37. The van der Waals surface area contributed by atoms with Crippen molar-refractivity contribution in [3.63, 3.8) is 0 Å². The fourth-order valence-electron chi connectivity index (χ4n) is 1.56. The zero-order valence-electron chi connectivity index (χ0n) is 10.1. The van der Waals surface area contributed by atoms with Gasteiger partial charge in [0.1, 0.15) is 11.6 Å². The molecule has 0 atom stereocenters. The molecular weight excluding hydrogens is 233 g/mol. The van der Waals surface area contributed by atoms with Gasteiger partial charge < -0.3 is 4.74 Å². The second kappa shape index (κ2) is 4.96. The van der Waals surface area contributed by atoms with Crippen molar-refractivity contribution in [3.05, 3.63) is 59.2 Å². The summed E-state index contributed by atoms with van der Waals surface area (Å²) in [6.07, 6.45) is 2.94. The van der Waals surface area contributed by atoms with E-state index in [2.05, 4.69) is 4.98 Å². The number of carbonyl (C=O) groups excluding carboxylic acids is 1. The summed E-state index contributed by atoms with van der Waals surface area (Å²) in [5, 5.41) is 0. The number of aromatic nitrogens is 1. The number of aryl methyl sites for hydroxylation is 1. The second-order valence-corrected chi connectivity index (χ2v) is 3.91. The molecule has 0 aliphatic heterocycles. The number of methoxy groups -OCH3 is 1. The first-order valence-electron chi connectivity index (χ1n) is 5.41. The Hall–Kier alpha value is -2.23. The molecule has 2 aromatic rings. The van der Waals surface area contributed by atoms with Gasteiger partial charge >= 0.3 is 0 Å². The second-order valence-electron chi connectivity index (χ2n) is 3.91. The van der Waals surface area contributed by atoms with Gasteiger partial charge in [0.05, 0.1) is 13.3 Å². The number of nitrogens with zero attached hydrogens (tertiary/aromatic N) is 1. The van der Waals surface area contributed by atoms with Crippen LogP contribution >= 0.6 is 0 Å². The predicted molar refractivity (Wildman–Crippen MR) is 65.4 cm³/mol. The topological polar surface area (TPSA) is 39.2 Å². The molecule has 0 saturated heterocycles. The summed E-state index contributed by atoms with van der Waals surface area (Å²) in [6, 6.07) is 5.99. The van der Waals surface area contributed by atoms with Gasteiger partial charge in [0.2, 0.25) is 0 Å². The highest BCUT2D eigenvalue weighted by Gasteiger charge is 2.12. The maximum atomic E-state index is 13.4. The third kappa shape index (κ3) is 2.37. The Labute approximate surface area is 104 Å². The molecule has 3 nitrogen and oxygen atoms in total. The molecule has 0 amide bonds. The summed E-state index contributed by atoms with van der Waals surface area (Å²) in [7, 11) is 1.50. The van der Waals surface area contributed by atoms with Crippen LogP contribution in [0.4, 0.5) is 4.39 Å². The lowest BCUT2D eigenvalue weighted by molar-refractivity contribution is 0.103. The van der Waals surface area contributed by atoms with E-state index in [0.717, 1.165) is 0 Å². The van der Waals surface area contributed by atoms with Crippen molar-refractivity contribution in [2.24, 2.45) is 0 Å². The quantitative estimate of drug-likeness (QED) is 0.780. The number of ketones is 1. The summed E-state index contributed by atoms with van der Waals surface area (Å²) >= 11 is 0. The highest BCUT2D eigenvalue weighted by Crippen LogP contribution is 2.16. The molecule has 2 rings (SSSR count). The van der Waals surface area contributed by atoms with Crippen molar-refractivity contribution in [2.75, 3.05) is 7.11 Å². The highest BCUT2D eigenvalue weighted by molar-refractivity contribution is 6.09. The van der Waals surface area contributed by atoms with Gasteiger partial charge in [-0.05, 0) is 24.6 Å². The lowest BCUT2D eigenvalue weighted by atomic mass is 10.0. The van der Waals surface area contributed by atoms with Gasteiger partial charge in [-0.3, -0.25) is 9.78 Å². The maximum Gasteiger partial charge on any atom is 0.194 e. The Balaban J connectivity index is 2.38. The van der Waals surface area contributed by atoms with E-state index in [4.69, 9.17) is 4.74 Å². The molecule has 0 aliphatic carbocycles. The van der Waals surface area contributed by atoms with Gasteiger partial charge in [-0.25, -0.2) is 4.39 Å². The highest BCUT2D eigenvalue weighted by atomic mass is 19.1. The first kappa shape index (κ1) is 12.2. The third-order valence-corrected chi connectivity index (χ3v) is 2.65. The normalized spacial score (nSPS) is 10.2. The molecule has 0 unspecified atom stereocenters. The van der Waals surface area contributed by atoms with E-state index in [0.29, 0.717) is 22.4 Å². The number of halogens is 1. The Morgan fingerprint density at radius 2 is 2.00 bits per heavy atom. The molecule has 0 fully saturated rings. The lowest BCUT2D eigenvalue weighted by Gasteiger charge is -2.04. The van der Waals surface area contributed by atoms with Crippen molar-refractivity contribution in [1.29, 1.82) is 0 Å². The van der Waals surface area contributed by atoms with Crippen molar-refractivity contribution >= 4 is 5.78 Å². The Morgan fingerprint density at radius 1 is 1.22 bits per heavy atom. The van der Waals surface area contributed by atoms with Crippen LogP contribution in [0.25, 0.3) is 0 Å². The molecule has 0 aliphatic rings. The third-order valence-electron chi connectivity index (χ3n) is 2.65. The molecule has 18 heavy (non-hydrogen) atoms. The molecule has 0 radical (unpaired) electrons. The van der Waals surface area contributed by atoms with Crippen LogP contribution in [0.2, 0.25) is 0 Å². The number of pyridine rings is 1. The van der Waals surface area contributed by atoms with E-state index in [9.17, 15) is 9.18 Å². The van der Waals surface area contributed by atoms with Gasteiger partial charge in [0.25, 0.3) is 0 Å². The fraction of sp³-hybridized carbons (Fsp3) is 0.143. The summed E-state index contributed by atoms with van der Waals surface area (Å²) in [5.41, 5.74) is 1.18. The molecule has 4 heteroatoms. The van der Waals surface area contributed by atoms with Crippen LogP contribution in [0, 0.1) is 12.7 Å². The molecule has 0 N–H and O–H groups in total. The van der Waals surface area contributed by atoms with Gasteiger partial charge in [0.15, 0.2) is 5.78 Å².